The summed E-state index contributed by atoms with van der Waals surface area (Å²) in [4.78, 5) is 10.7. The molecule has 1 saturated carbocycles. The predicted octanol–water partition coefficient (Wildman–Crippen LogP) is 1.07. The Labute approximate surface area is 60.4 Å². The minimum Gasteiger partial charge on any atom is -0.289 e. The Morgan fingerprint density at radius 3 is 2.60 bits per heavy atom. The van der Waals surface area contributed by atoms with Crippen molar-refractivity contribution < 1.29 is 10.0 Å². The second-order valence-corrected chi connectivity index (χ2v) is 3.38. The van der Waals surface area contributed by atoms with Gasteiger partial charge in [-0.25, -0.2) is 5.48 Å². The molecule has 58 valence electrons. The van der Waals surface area contributed by atoms with Gasteiger partial charge in [0.25, 0.3) is 0 Å². The molecule has 0 spiro atoms. The highest BCUT2D eigenvalue weighted by atomic mass is 16.5. The molecule has 10 heavy (non-hydrogen) atoms. The summed E-state index contributed by atoms with van der Waals surface area (Å²) in [6.45, 7) is 2.08. The van der Waals surface area contributed by atoms with E-state index in [0.717, 1.165) is 12.8 Å². The van der Waals surface area contributed by atoms with Gasteiger partial charge in [-0.15, -0.1) is 0 Å². The number of hydrogen-bond donors (Lipinski definition) is 2. The fraction of sp³-hybridized carbons (Fsp3) is 0.857. The van der Waals surface area contributed by atoms with Gasteiger partial charge in [0, 0.05) is 6.42 Å². The lowest BCUT2D eigenvalue weighted by Crippen LogP contribution is -2.32. The SMILES string of the molecule is CC1(CC(=O)NO)CCC1. The quantitative estimate of drug-likeness (QED) is 0.448. The maximum Gasteiger partial charge on any atom is 0.243 e. The van der Waals surface area contributed by atoms with Crippen molar-refractivity contribution >= 4 is 5.91 Å². The fourth-order valence-corrected chi connectivity index (χ4v) is 1.38. The number of amides is 1. The van der Waals surface area contributed by atoms with Gasteiger partial charge in [0.2, 0.25) is 5.91 Å². The second kappa shape index (κ2) is 2.58. The van der Waals surface area contributed by atoms with Gasteiger partial charge in [-0.05, 0) is 18.3 Å². The molecule has 0 saturated heterocycles. The van der Waals surface area contributed by atoms with E-state index in [-0.39, 0.29) is 11.3 Å². The summed E-state index contributed by atoms with van der Waals surface area (Å²) in [6.07, 6.45) is 3.90. The van der Waals surface area contributed by atoms with E-state index >= 15 is 0 Å². The molecule has 0 heterocycles. The van der Waals surface area contributed by atoms with Gasteiger partial charge in [-0.3, -0.25) is 10.0 Å². The van der Waals surface area contributed by atoms with Crippen LogP contribution in [0.4, 0.5) is 0 Å². The Balaban J connectivity index is 2.29. The van der Waals surface area contributed by atoms with E-state index in [9.17, 15) is 4.79 Å². The van der Waals surface area contributed by atoms with E-state index in [0.29, 0.717) is 6.42 Å². The summed E-state index contributed by atoms with van der Waals surface area (Å²) < 4.78 is 0. The van der Waals surface area contributed by atoms with E-state index in [1.807, 2.05) is 0 Å². The van der Waals surface area contributed by atoms with E-state index < -0.39 is 0 Å². The second-order valence-electron chi connectivity index (χ2n) is 3.38. The third-order valence-electron chi connectivity index (χ3n) is 2.27. The average molecular weight is 143 g/mol. The maximum atomic E-state index is 10.7. The summed E-state index contributed by atoms with van der Waals surface area (Å²) in [5.74, 6) is -0.262. The van der Waals surface area contributed by atoms with Crippen molar-refractivity contribution in [2.24, 2.45) is 5.41 Å². The molecule has 0 aromatic carbocycles. The maximum absolute atomic E-state index is 10.7. The minimum atomic E-state index is -0.262. The summed E-state index contributed by atoms with van der Waals surface area (Å²) in [6, 6.07) is 0. The molecule has 1 amide bonds. The van der Waals surface area contributed by atoms with Gasteiger partial charge in [-0.1, -0.05) is 13.3 Å². The topological polar surface area (TPSA) is 49.3 Å². The van der Waals surface area contributed by atoms with Crippen LogP contribution in [-0.2, 0) is 4.79 Å². The van der Waals surface area contributed by atoms with Crippen LogP contribution in [0.3, 0.4) is 0 Å². The molecular formula is C7H13NO2. The number of carbonyl (C=O) groups is 1. The van der Waals surface area contributed by atoms with E-state index in [2.05, 4.69) is 6.92 Å². The molecule has 0 aromatic rings. The zero-order valence-corrected chi connectivity index (χ0v) is 6.18. The molecule has 0 unspecified atom stereocenters. The Morgan fingerprint density at radius 1 is 1.70 bits per heavy atom. The number of hydrogen-bond acceptors (Lipinski definition) is 2. The Bertz CT molecular complexity index is 141. The van der Waals surface area contributed by atoms with E-state index in [1.165, 1.54) is 6.42 Å². The monoisotopic (exact) mass is 143 g/mol. The van der Waals surface area contributed by atoms with E-state index in [1.54, 1.807) is 5.48 Å². The molecule has 1 fully saturated rings. The van der Waals surface area contributed by atoms with Gasteiger partial charge in [0.05, 0.1) is 0 Å². The lowest BCUT2D eigenvalue weighted by Gasteiger charge is -2.37. The first-order chi connectivity index (χ1) is 4.66. The summed E-state index contributed by atoms with van der Waals surface area (Å²) in [7, 11) is 0. The molecule has 0 aliphatic heterocycles. The highest BCUT2D eigenvalue weighted by molar-refractivity contribution is 5.75. The molecule has 0 aromatic heterocycles. The third-order valence-corrected chi connectivity index (χ3v) is 2.27. The van der Waals surface area contributed by atoms with Gasteiger partial charge in [0.15, 0.2) is 0 Å². The zero-order chi connectivity index (χ0) is 7.61. The average Bonchev–Trinajstić information content (AvgIpc) is 1.84. The van der Waals surface area contributed by atoms with Crippen molar-refractivity contribution in [1.82, 2.24) is 5.48 Å². The van der Waals surface area contributed by atoms with Gasteiger partial charge in [-0.2, -0.15) is 0 Å². The van der Waals surface area contributed by atoms with Crippen LogP contribution in [0.2, 0.25) is 0 Å². The Kier molecular flexibility index (Phi) is 1.94. The molecular weight excluding hydrogens is 130 g/mol. The highest BCUT2D eigenvalue weighted by Crippen LogP contribution is 2.42. The van der Waals surface area contributed by atoms with Crippen LogP contribution in [0, 0.1) is 5.41 Å². The largest absolute Gasteiger partial charge is 0.289 e. The Hall–Kier alpha value is -0.570. The first kappa shape index (κ1) is 7.54. The Morgan fingerprint density at radius 2 is 2.30 bits per heavy atom. The molecule has 1 aliphatic carbocycles. The molecule has 1 rings (SSSR count). The lowest BCUT2D eigenvalue weighted by molar-refractivity contribution is -0.132. The van der Waals surface area contributed by atoms with Crippen LogP contribution in [0.5, 0.6) is 0 Å². The van der Waals surface area contributed by atoms with Crippen LogP contribution in [0.25, 0.3) is 0 Å². The van der Waals surface area contributed by atoms with Crippen molar-refractivity contribution in [2.45, 2.75) is 32.6 Å². The normalized spacial score (nSPS) is 21.4. The van der Waals surface area contributed by atoms with Crippen molar-refractivity contribution in [2.75, 3.05) is 0 Å². The van der Waals surface area contributed by atoms with Gasteiger partial charge >= 0.3 is 0 Å². The molecule has 3 heteroatoms. The first-order valence-corrected chi connectivity index (χ1v) is 3.59. The predicted molar refractivity (Wildman–Crippen MR) is 36.5 cm³/mol. The zero-order valence-electron chi connectivity index (χ0n) is 6.18. The standard InChI is InChI=1S/C7H13NO2/c1-7(3-2-4-7)5-6(9)8-10/h10H,2-5H2,1H3,(H,8,9). The summed E-state index contributed by atoms with van der Waals surface area (Å²) >= 11 is 0. The third kappa shape index (κ3) is 1.48. The lowest BCUT2D eigenvalue weighted by atomic mass is 9.68. The van der Waals surface area contributed by atoms with Gasteiger partial charge < -0.3 is 0 Å². The fourth-order valence-electron chi connectivity index (χ4n) is 1.38. The first-order valence-electron chi connectivity index (χ1n) is 3.59. The van der Waals surface area contributed by atoms with Crippen LogP contribution < -0.4 is 5.48 Å². The molecule has 2 N–H and O–H groups in total. The molecule has 0 atom stereocenters. The number of rotatable bonds is 2. The van der Waals surface area contributed by atoms with Crippen LogP contribution in [-0.4, -0.2) is 11.1 Å². The summed E-state index contributed by atoms with van der Waals surface area (Å²) in [5.41, 5.74) is 1.82. The van der Waals surface area contributed by atoms with Crippen molar-refractivity contribution in [3.63, 3.8) is 0 Å². The molecule has 0 radical (unpaired) electrons. The van der Waals surface area contributed by atoms with Crippen LogP contribution >= 0.6 is 0 Å². The minimum absolute atomic E-state index is 0.173. The smallest absolute Gasteiger partial charge is 0.243 e. The van der Waals surface area contributed by atoms with Gasteiger partial charge in [0.1, 0.15) is 0 Å². The van der Waals surface area contributed by atoms with Crippen LogP contribution in [0.15, 0.2) is 0 Å². The van der Waals surface area contributed by atoms with Crippen LogP contribution in [0.1, 0.15) is 32.6 Å². The number of hydroxylamine groups is 1. The molecule has 3 nitrogen and oxygen atoms in total. The molecule has 1 aliphatic rings. The van der Waals surface area contributed by atoms with Crippen molar-refractivity contribution in [3.05, 3.63) is 0 Å². The molecule has 0 bridgehead atoms. The van der Waals surface area contributed by atoms with Crippen molar-refractivity contribution in [1.29, 1.82) is 0 Å². The number of carbonyl (C=O) groups excluding carboxylic acids is 1. The van der Waals surface area contributed by atoms with E-state index in [4.69, 9.17) is 5.21 Å². The number of nitrogens with one attached hydrogen (secondary N) is 1. The highest BCUT2D eigenvalue weighted by Gasteiger charge is 2.33. The summed E-state index contributed by atoms with van der Waals surface area (Å²) in [5, 5.41) is 8.22. The van der Waals surface area contributed by atoms with Crippen molar-refractivity contribution in [3.8, 4) is 0 Å².